The van der Waals surface area contributed by atoms with Crippen LogP contribution in [0.15, 0.2) is 36.7 Å². The molecule has 19 heavy (non-hydrogen) atoms. The summed E-state index contributed by atoms with van der Waals surface area (Å²) in [6, 6.07) is 8.33. The van der Waals surface area contributed by atoms with Crippen LogP contribution in [-0.2, 0) is 0 Å². The van der Waals surface area contributed by atoms with E-state index in [1.165, 1.54) is 0 Å². The zero-order valence-corrected chi connectivity index (χ0v) is 11.0. The lowest BCUT2D eigenvalue weighted by molar-refractivity contribution is 0.862. The molecule has 4 heteroatoms. The average Bonchev–Trinajstić information content (AvgIpc) is 2.45. The summed E-state index contributed by atoms with van der Waals surface area (Å²) < 4.78 is 0. The van der Waals surface area contributed by atoms with E-state index in [1.54, 1.807) is 6.20 Å². The summed E-state index contributed by atoms with van der Waals surface area (Å²) in [6.07, 6.45) is 3.64. The lowest BCUT2D eigenvalue weighted by Crippen LogP contribution is -2.12. The number of pyridine rings is 2. The Morgan fingerprint density at radius 1 is 1.16 bits per heavy atom. The first-order valence-electron chi connectivity index (χ1n) is 6.34. The van der Waals surface area contributed by atoms with Gasteiger partial charge in [0.1, 0.15) is 5.82 Å². The largest absolute Gasteiger partial charge is 0.308 e. The standard InChI is InChI=1S/C15H16N4/c1-9(2)12-7-11-4-3-10-5-6-17-8-13(10)14(11)18-15(12)19-16/h3-9H,16H2,1-2H3,(H,18,19). The summed E-state index contributed by atoms with van der Waals surface area (Å²) in [5, 5.41) is 3.30. The van der Waals surface area contributed by atoms with Crippen molar-refractivity contribution in [1.82, 2.24) is 9.97 Å². The Kier molecular flexibility index (Phi) is 2.80. The Balaban J connectivity index is 2.41. The highest BCUT2D eigenvalue weighted by molar-refractivity contribution is 6.05. The van der Waals surface area contributed by atoms with E-state index in [1.807, 2.05) is 12.3 Å². The number of hydrogen-bond donors (Lipinski definition) is 2. The van der Waals surface area contributed by atoms with Crippen molar-refractivity contribution in [1.29, 1.82) is 0 Å². The predicted octanol–water partition coefficient (Wildman–Crippen LogP) is 3.19. The molecule has 3 N–H and O–H groups in total. The summed E-state index contributed by atoms with van der Waals surface area (Å²) in [6.45, 7) is 4.26. The lowest BCUT2D eigenvalue weighted by Gasteiger charge is -2.13. The van der Waals surface area contributed by atoms with Crippen molar-refractivity contribution >= 4 is 27.5 Å². The zero-order valence-electron chi connectivity index (χ0n) is 11.0. The van der Waals surface area contributed by atoms with Gasteiger partial charge in [0.2, 0.25) is 0 Å². The molecule has 0 aliphatic heterocycles. The number of anilines is 1. The number of hydrazine groups is 1. The minimum Gasteiger partial charge on any atom is -0.308 e. The fraction of sp³-hybridized carbons (Fsp3) is 0.200. The van der Waals surface area contributed by atoms with Gasteiger partial charge >= 0.3 is 0 Å². The topological polar surface area (TPSA) is 63.8 Å². The van der Waals surface area contributed by atoms with Crippen molar-refractivity contribution < 1.29 is 0 Å². The lowest BCUT2D eigenvalue weighted by atomic mass is 10.0. The van der Waals surface area contributed by atoms with E-state index in [0.29, 0.717) is 5.92 Å². The molecule has 2 heterocycles. The van der Waals surface area contributed by atoms with Crippen LogP contribution in [0, 0.1) is 0 Å². The van der Waals surface area contributed by atoms with Gasteiger partial charge in [-0.3, -0.25) is 4.98 Å². The molecule has 0 saturated heterocycles. The smallest absolute Gasteiger partial charge is 0.144 e. The van der Waals surface area contributed by atoms with Gasteiger partial charge in [-0.2, -0.15) is 0 Å². The van der Waals surface area contributed by atoms with Crippen LogP contribution in [-0.4, -0.2) is 9.97 Å². The summed E-state index contributed by atoms with van der Waals surface area (Å²) in [4.78, 5) is 8.85. The van der Waals surface area contributed by atoms with Crippen molar-refractivity contribution in [3.05, 3.63) is 42.2 Å². The Bertz CT molecular complexity index is 750. The summed E-state index contributed by atoms with van der Waals surface area (Å²) in [7, 11) is 0. The van der Waals surface area contributed by atoms with E-state index in [9.17, 15) is 0 Å². The van der Waals surface area contributed by atoms with Crippen LogP contribution < -0.4 is 11.3 Å². The molecule has 0 amide bonds. The minimum atomic E-state index is 0.368. The van der Waals surface area contributed by atoms with E-state index in [4.69, 9.17) is 5.84 Å². The monoisotopic (exact) mass is 252 g/mol. The molecule has 0 fully saturated rings. The maximum Gasteiger partial charge on any atom is 0.144 e. The quantitative estimate of drug-likeness (QED) is 0.417. The Labute approximate surface area is 111 Å². The van der Waals surface area contributed by atoms with E-state index in [-0.39, 0.29) is 0 Å². The molecule has 3 aromatic rings. The van der Waals surface area contributed by atoms with Gasteiger partial charge in [0, 0.05) is 23.2 Å². The molecule has 0 spiro atoms. The minimum absolute atomic E-state index is 0.368. The second kappa shape index (κ2) is 4.48. The van der Waals surface area contributed by atoms with Gasteiger partial charge in [-0.1, -0.05) is 26.0 Å². The maximum atomic E-state index is 5.60. The van der Waals surface area contributed by atoms with Gasteiger partial charge in [-0.15, -0.1) is 0 Å². The first-order chi connectivity index (χ1) is 9.20. The molecule has 96 valence electrons. The molecule has 0 atom stereocenters. The Morgan fingerprint density at radius 2 is 1.95 bits per heavy atom. The predicted molar refractivity (Wildman–Crippen MR) is 78.9 cm³/mol. The second-order valence-corrected chi connectivity index (χ2v) is 4.96. The number of hydrogen-bond acceptors (Lipinski definition) is 4. The van der Waals surface area contributed by atoms with Crippen molar-refractivity contribution in [2.24, 2.45) is 5.84 Å². The van der Waals surface area contributed by atoms with Crippen molar-refractivity contribution in [2.45, 2.75) is 19.8 Å². The van der Waals surface area contributed by atoms with Crippen molar-refractivity contribution in [3.8, 4) is 0 Å². The third-order valence-electron chi connectivity index (χ3n) is 3.39. The van der Waals surface area contributed by atoms with E-state index in [2.05, 4.69) is 47.4 Å². The molecular weight excluding hydrogens is 236 g/mol. The molecule has 4 nitrogen and oxygen atoms in total. The van der Waals surface area contributed by atoms with Crippen molar-refractivity contribution in [3.63, 3.8) is 0 Å². The second-order valence-electron chi connectivity index (χ2n) is 4.96. The Morgan fingerprint density at radius 3 is 2.68 bits per heavy atom. The number of nitrogens with zero attached hydrogens (tertiary/aromatic N) is 2. The molecule has 0 aliphatic rings. The molecule has 0 aliphatic carbocycles. The highest BCUT2D eigenvalue weighted by Gasteiger charge is 2.11. The molecule has 1 aromatic carbocycles. The van der Waals surface area contributed by atoms with Crippen molar-refractivity contribution in [2.75, 3.05) is 5.43 Å². The molecular formula is C15H16N4. The van der Waals surface area contributed by atoms with E-state index >= 15 is 0 Å². The normalized spacial score (nSPS) is 11.4. The van der Waals surface area contributed by atoms with Gasteiger partial charge < -0.3 is 5.43 Å². The van der Waals surface area contributed by atoms with Crippen LogP contribution in [0.4, 0.5) is 5.82 Å². The first kappa shape index (κ1) is 11.9. The Hall–Kier alpha value is -2.20. The van der Waals surface area contributed by atoms with Crippen LogP contribution in [0.2, 0.25) is 0 Å². The summed E-state index contributed by atoms with van der Waals surface area (Å²) in [5.41, 5.74) is 4.76. The van der Waals surface area contributed by atoms with Crippen LogP contribution in [0.1, 0.15) is 25.3 Å². The molecule has 2 aromatic heterocycles. The number of benzene rings is 1. The number of aromatic nitrogens is 2. The molecule has 3 rings (SSSR count). The molecule has 0 unspecified atom stereocenters. The molecule has 0 bridgehead atoms. The van der Waals surface area contributed by atoms with Crippen LogP contribution >= 0.6 is 0 Å². The van der Waals surface area contributed by atoms with Gasteiger partial charge in [0.15, 0.2) is 0 Å². The number of nitrogens with two attached hydrogens (primary N) is 1. The zero-order chi connectivity index (χ0) is 13.4. The number of fused-ring (bicyclic) bond motifs is 3. The number of nitrogens with one attached hydrogen (secondary N) is 1. The SMILES string of the molecule is CC(C)c1cc2ccc3ccncc3c2nc1NN. The third kappa shape index (κ3) is 1.90. The van der Waals surface area contributed by atoms with Crippen LogP contribution in [0.25, 0.3) is 21.7 Å². The maximum absolute atomic E-state index is 5.60. The number of nitrogen functional groups attached to an aromatic ring is 1. The van der Waals surface area contributed by atoms with Gasteiger partial charge in [-0.25, -0.2) is 10.8 Å². The molecule has 0 saturated carbocycles. The van der Waals surface area contributed by atoms with Gasteiger partial charge in [0.05, 0.1) is 5.52 Å². The van der Waals surface area contributed by atoms with E-state index < -0.39 is 0 Å². The summed E-state index contributed by atoms with van der Waals surface area (Å²) in [5.74, 6) is 6.70. The molecule has 0 radical (unpaired) electrons. The highest BCUT2D eigenvalue weighted by atomic mass is 15.2. The van der Waals surface area contributed by atoms with Crippen LogP contribution in [0.3, 0.4) is 0 Å². The average molecular weight is 252 g/mol. The fourth-order valence-electron chi connectivity index (χ4n) is 2.37. The van der Waals surface area contributed by atoms with Gasteiger partial charge in [-0.05, 0) is 29.0 Å². The number of rotatable bonds is 2. The van der Waals surface area contributed by atoms with Crippen LogP contribution in [0.5, 0.6) is 0 Å². The summed E-state index contributed by atoms with van der Waals surface area (Å²) >= 11 is 0. The highest BCUT2D eigenvalue weighted by Crippen LogP contribution is 2.30. The fourth-order valence-corrected chi connectivity index (χ4v) is 2.37. The third-order valence-corrected chi connectivity index (χ3v) is 3.39. The first-order valence-corrected chi connectivity index (χ1v) is 6.34. The van der Waals surface area contributed by atoms with E-state index in [0.717, 1.165) is 33.1 Å². The van der Waals surface area contributed by atoms with Gasteiger partial charge in [0.25, 0.3) is 0 Å².